The van der Waals surface area contributed by atoms with Crippen LogP contribution in [0.15, 0.2) is 67.1 Å². The van der Waals surface area contributed by atoms with Gasteiger partial charge >= 0.3 is 0 Å². The number of rotatable bonds is 3. The number of fused-ring (bicyclic) bond motifs is 1. The number of nitrogens with two attached hydrogens (primary N) is 1. The van der Waals surface area contributed by atoms with Gasteiger partial charge in [-0.1, -0.05) is 0 Å². The standard InChI is InChI=1S/C20H15FN4/c21-18-3-1-14(9-17(18)13-5-7-23-8-6-13)19-4-2-15-12-24-16(11-22)10-20(15)25-19/h1-10,12H,11,22H2. The molecule has 0 unspecified atom stereocenters. The van der Waals surface area contributed by atoms with Gasteiger partial charge in [0, 0.05) is 41.6 Å². The van der Waals surface area contributed by atoms with Crippen molar-refractivity contribution in [2.45, 2.75) is 6.54 Å². The first-order chi connectivity index (χ1) is 12.2. The second-order valence-electron chi connectivity index (χ2n) is 5.70. The predicted molar refractivity (Wildman–Crippen MR) is 96.1 cm³/mol. The van der Waals surface area contributed by atoms with Gasteiger partial charge in [-0.05, 0) is 54.1 Å². The Morgan fingerprint density at radius 2 is 1.76 bits per heavy atom. The van der Waals surface area contributed by atoms with Gasteiger partial charge in [0.05, 0.1) is 16.9 Å². The van der Waals surface area contributed by atoms with Crippen LogP contribution in [0, 0.1) is 5.82 Å². The van der Waals surface area contributed by atoms with Crippen molar-refractivity contribution in [3.8, 4) is 22.4 Å². The number of hydrogen-bond donors (Lipinski definition) is 1. The fraction of sp³-hybridized carbons (Fsp3) is 0.0500. The minimum Gasteiger partial charge on any atom is -0.325 e. The number of hydrogen-bond acceptors (Lipinski definition) is 4. The molecule has 0 amide bonds. The van der Waals surface area contributed by atoms with Gasteiger partial charge in [0.1, 0.15) is 5.82 Å². The van der Waals surface area contributed by atoms with Crippen LogP contribution in [0.25, 0.3) is 33.3 Å². The first-order valence-corrected chi connectivity index (χ1v) is 7.90. The molecule has 0 fully saturated rings. The van der Waals surface area contributed by atoms with E-state index in [9.17, 15) is 4.39 Å². The fourth-order valence-electron chi connectivity index (χ4n) is 2.77. The number of aromatic nitrogens is 3. The van der Waals surface area contributed by atoms with E-state index in [1.807, 2.05) is 24.3 Å². The van der Waals surface area contributed by atoms with Crippen LogP contribution in [0.1, 0.15) is 5.69 Å². The minimum atomic E-state index is -0.273. The van der Waals surface area contributed by atoms with E-state index in [2.05, 4.69) is 15.0 Å². The summed E-state index contributed by atoms with van der Waals surface area (Å²) < 4.78 is 14.3. The van der Waals surface area contributed by atoms with E-state index >= 15 is 0 Å². The highest BCUT2D eigenvalue weighted by molar-refractivity contribution is 5.82. The third-order valence-corrected chi connectivity index (χ3v) is 4.09. The maximum absolute atomic E-state index is 14.3. The fourth-order valence-corrected chi connectivity index (χ4v) is 2.77. The number of halogens is 1. The first kappa shape index (κ1) is 15.4. The third-order valence-electron chi connectivity index (χ3n) is 4.09. The monoisotopic (exact) mass is 330 g/mol. The molecule has 0 aliphatic heterocycles. The molecular formula is C20H15FN4. The van der Waals surface area contributed by atoms with Gasteiger partial charge in [-0.15, -0.1) is 0 Å². The Kier molecular flexibility index (Phi) is 3.91. The van der Waals surface area contributed by atoms with Crippen molar-refractivity contribution >= 4 is 10.9 Å². The molecule has 0 aliphatic rings. The van der Waals surface area contributed by atoms with Crippen molar-refractivity contribution in [1.82, 2.24) is 15.0 Å². The Balaban J connectivity index is 1.83. The molecule has 122 valence electrons. The van der Waals surface area contributed by atoms with Gasteiger partial charge in [-0.25, -0.2) is 9.37 Å². The predicted octanol–water partition coefficient (Wildman–Crippen LogP) is 3.96. The Hall–Kier alpha value is -3.18. The summed E-state index contributed by atoms with van der Waals surface area (Å²) in [5.74, 6) is -0.273. The van der Waals surface area contributed by atoms with Crippen LogP contribution in [0.2, 0.25) is 0 Å². The smallest absolute Gasteiger partial charge is 0.131 e. The molecule has 0 atom stereocenters. The molecule has 2 N–H and O–H groups in total. The lowest BCUT2D eigenvalue weighted by Crippen LogP contribution is -1.99. The Morgan fingerprint density at radius 3 is 2.56 bits per heavy atom. The SMILES string of the molecule is NCc1cc2nc(-c3ccc(F)c(-c4ccncc4)c3)ccc2cn1. The van der Waals surface area contributed by atoms with Crippen molar-refractivity contribution in [3.05, 3.63) is 78.6 Å². The zero-order valence-electron chi connectivity index (χ0n) is 13.4. The second kappa shape index (κ2) is 6.37. The molecule has 0 spiro atoms. The summed E-state index contributed by atoms with van der Waals surface area (Å²) in [5, 5.41) is 0.942. The Morgan fingerprint density at radius 1 is 0.920 bits per heavy atom. The molecule has 0 radical (unpaired) electrons. The van der Waals surface area contributed by atoms with Crippen LogP contribution >= 0.6 is 0 Å². The van der Waals surface area contributed by atoms with E-state index < -0.39 is 0 Å². The van der Waals surface area contributed by atoms with Gasteiger partial charge in [0.2, 0.25) is 0 Å². The maximum Gasteiger partial charge on any atom is 0.131 e. The van der Waals surface area contributed by atoms with Gasteiger partial charge in [-0.2, -0.15) is 0 Å². The highest BCUT2D eigenvalue weighted by Crippen LogP contribution is 2.28. The molecule has 0 aliphatic carbocycles. The van der Waals surface area contributed by atoms with E-state index in [0.29, 0.717) is 12.1 Å². The summed E-state index contributed by atoms with van der Waals surface area (Å²) >= 11 is 0. The highest BCUT2D eigenvalue weighted by atomic mass is 19.1. The summed E-state index contributed by atoms with van der Waals surface area (Å²) in [6, 6.07) is 14.3. The molecule has 4 aromatic rings. The van der Waals surface area contributed by atoms with E-state index in [4.69, 9.17) is 5.73 Å². The summed E-state index contributed by atoms with van der Waals surface area (Å²) in [6.45, 7) is 0.366. The lowest BCUT2D eigenvalue weighted by atomic mass is 10.0. The van der Waals surface area contributed by atoms with E-state index in [-0.39, 0.29) is 5.82 Å². The number of pyridine rings is 3. The van der Waals surface area contributed by atoms with Crippen molar-refractivity contribution in [1.29, 1.82) is 0 Å². The largest absolute Gasteiger partial charge is 0.325 e. The molecule has 3 heterocycles. The lowest BCUT2D eigenvalue weighted by Gasteiger charge is -2.08. The lowest BCUT2D eigenvalue weighted by molar-refractivity contribution is 0.631. The number of nitrogens with zero attached hydrogens (tertiary/aromatic N) is 3. The zero-order chi connectivity index (χ0) is 17.2. The van der Waals surface area contributed by atoms with Crippen LogP contribution in [0.5, 0.6) is 0 Å². The van der Waals surface area contributed by atoms with Crippen LogP contribution in [0.3, 0.4) is 0 Å². The minimum absolute atomic E-state index is 0.273. The molecule has 5 heteroatoms. The van der Waals surface area contributed by atoms with E-state index in [0.717, 1.165) is 33.4 Å². The third kappa shape index (κ3) is 2.97. The topological polar surface area (TPSA) is 64.7 Å². The van der Waals surface area contributed by atoms with Crippen molar-refractivity contribution < 1.29 is 4.39 Å². The van der Waals surface area contributed by atoms with Crippen LogP contribution < -0.4 is 5.73 Å². The quantitative estimate of drug-likeness (QED) is 0.617. The van der Waals surface area contributed by atoms with Gasteiger partial charge in [-0.3, -0.25) is 9.97 Å². The van der Waals surface area contributed by atoms with Gasteiger partial charge in [0.15, 0.2) is 0 Å². The van der Waals surface area contributed by atoms with Gasteiger partial charge in [0.25, 0.3) is 0 Å². The summed E-state index contributed by atoms with van der Waals surface area (Å²) in [7, 11) is 0. The van der Waals surface area contributed by atoms with Gasteiger partial charge < -0.3 is 5.73 Å². The normalized spacial score (nSPS) is 11.0. The molecule has 25 heavy (non-hydrogen) atoms. The van der Waals surface area contributed by atoms with Crippen molar-refractivity contribution in [2.75, 3.05) is 0 Å². The molecule has 3 aromatic heterocycles. The van der Waals surface area contributed by atoms with Crippen molar-refractivity contribution in [3.63, 3.8) is 0 Å². The molecule has 1 aromatic carbocycles. The maximum atomic E-state index is 14.3. The molecular weight excluding hydrogens is 315 g/mol. The molecule has 4 rings (SSSR count). The van der Waals surface area contributed by atoms with E-state index in [1.165, 1.54) is 6.07 Å². The first-order valence-electron chi connectivity index (χ1n) is 7.90. The summed E-state index contributed by atoms with van der Waals surface area (Å²) in [5.41, 5.74) is 10.2. The van der Waals surface area contributed by atoms with Crippen LogP contribution in [0.4, 0.5) is 4.39 Å². The highest BCUT2D eigenvalue weighted by Gasteiger charge is 2.09. The zero-order valence-corrected chi connectivity index (χ0v) is 13.4. The number of benzene rings is 1. The average Bonchev–Trinajstić information content (AvgIpc) is 2.68. The van der Waals surface area contributed by atoms with Crippen LogP contribution in [-0.2, 0) is 6.54 Å². The molecule has 0 bridgehead atoms. The van der Waals surface area contributed by atoms with E-state index in [1.54, 1.807) is 36.8 Å². The molecule has 4 nitrogen and oxygen atoms in total. The van der Waals surface area contributed by atoms with Crippen LogP contribution in [-0.4, -0.2) is 15.0 Å². The Bertz CT molecular complexity index is 1050. The Labute approximate surface area is 144 Å². The molecule has 0 saturated carbocycles. The summed E-state index contributed by atoms with van der Waals surface area (Å²) in [4.78, 5) is 12.9. The average molecular weight is 330 g/mol. The van der Waals surface area contributed by atoms with Crippen molar-refractivity contribution in [2.24, 2.45) is 5.73 Å². The second-order valence-corrected chi connectivity index (χ2v) is 5.70. The molecule has 0 saturated heterocycles. The summed E-state index contributed by atoms with van der Waals surface area (Å²) in [6.07, 6.45) is 5.06.